The first-order chi connectivity index (χ1) is 11.9. The van der Waals surface area contributed by atoms with Crippen molar-refractivity contribution in [3.05, 3.63) is 48.0 Å². The molecule has 7 nitrogen and oxygen atoms in total. The van der Waals surface area contributed by atoms with Crippen molar-refractivity contribution in [1.29, 1.82) is 0 Å². The van der Waals surface area contributed by atoms with Crippen LogP contribution in [0.3, 0.4) is 0 Å². The Hall–Kier alpha value is -3.04. The van der Waals surface area contributed by atoms with Crippen molar-refractivity contribution in [2.24, 2.45) is 0 Å². The highest BCUT2D eigenvalue weighted by Crippen LogP contribution is 2.21. The third-order valence-electron chi connectivity index (χ3n) is 2.98. The minimum atomic E-state index is -1.59. The summed E-state index contributed by atoms with van der Waals surface area (Å²) < 4.78 is 51.1. The highest BCUT2D eigenvalue weighted by atomic mass is 19.2. The van der Waals surface area contributed by atoms with Gasteiger partial charge in [-0.25, -0.2) is 22.8 Å². The molecule has 0 saturated carbocycles. The van der Waals surface area contributed by atoms with Gasteiger partial charge in [0.1, 0.15) is 11.5 Å². The summed E-state index contributed by atoms with van der Waals surface area (Å²) in [7, 11) is 0. The predicted molar refractivity (Wildman–Crippen MR) is 79.1 cm³/mol. The van der Waals surface area contributed by atoms with Crippen LogP contribution in [-0.4, -0.2) is 34.6 Å². The maximum atomic E-state index is 13.6. The quantitative estimate of drug-likeness (QED) is 0.634. The summed E-state index contributed by atoms with van der Waals surface area (Å²) in [5, 5.41) is 5.60. The van der Waals surface area contributed by atoms with Gasteiger partial charge in [-0.1, -0.05) is 0 Å². The van der Waals surface area contributed by atoms with Gasteiger partial charge in [-0.15, -0.1) is 0 Å². The first-order valence-corrected chi connectivity index (χ1v) is 7.17. The van der Waals surface area contributed by atoms with Crippen LogP contribution >= 0.6 is 0 Å². The number of aromatic nitrogens is 2. The number of hydrogen-bond donors (Lipinski definition) is 1. The fourth-order valence-corrected chi connectivity index (χ4v) is 1.88. The average molecular weight is 357 g/mol. The number of amides is 1. The van der Waals surface area contributed by atoms with Crippen molar-refractivity contribution in [2.75, 3.05) is 11.9 Å². The number of ether oxygens (including phenoxy) is 2. The van der Waals surface area contributed by atoms with E-state index in [4.69, 9.17) is 9.47 Å². The Labute approximate surface area is 140 Å². The second-order valence-corrected chi connectivity index (χ2v) is 4.72. The molecule has 0 aliphatic carbocycles. The van der Waals surface area contributed by atoms with Crippen LogP contribution in [-0.2, 0) is 20.8 Å². The Balaban J connectivity index is 2.11. The van der Waals surface area contributed by atoms with Crippen LogP contribution in [0.4, 0.5) is 23.7 Å². The normalized spacial score (nSPS) is 11.7. The van der Waals surface area contributed by atoms with Gasteiger partial charge in [-0.3, -0.25) is 10.00 Å². The number of carbonyl (C=O) groups is 2. The average Bonchev–Trinajstić information content (AvgIpc) is 3.08. The van der Waals surface area contributed by atoms with Crippen molar-refractivity contribution < 1.29 is 32.2 Å². The molecular weight excluding hydrogens is 343 g/mol. The monoisotopic (exact) mass is 357 g/mol. The lowest BCUT2D eigenvalue weighted by atomic mass is 10.3. The molecule has 134 valence electrons. The van der Waals surface area contributed by atoms with E-state index in [1.807, 2.05) is 0 Å². The van der Waals surface area contributed by atoms with Crippen LogP contribution in [0.5, 0.6) is 0 Å². The summed E-state index contributed by atoms with van der Waals surface area (Å²) in [6.07, 6.45) is 0.187. The number of anilines is 1. The van der Waals surface area contributed by atoms with Gasteiger partial charge in [0.25, 0.3) is 0 Å². The lowest BCUT2D eigenvalue weighted by Gasteiger charge is -2.17. The highest BCUT2D eigenvalue weighted by molar-refractivity contribution is 5.87. The van der Waals surface area contributed by atoms with Gasteiger partial charge in [0.15, 0.2) is 11.6 Å². The second kappa shape index (κ2) is 8.18. The summed E-state index contributed by atoms with van der Waals surface area (Å²) in [5.74, 6) is -5.00. The minimum Gasteiger partial charge on any atom is -0.463 e. The fourth-order valence-electron chi connectivity index (χ4n) is 1.88. The van der Waals surface area contributed by atoms with E-state index >= 15 is 0 Å². The molecule has 2 aromatic rings. The molecule has 0 aliphatic heterocycles. The number of carbonyl (C=O) groups excluding carboxylic acids is 2. The van der Waals surface area contributed by atoms with E-state index < -0.39 is 41.3 Å². The van der Waals surface area contributed by atoms with E-state index in [0.717, 1.165) is 0 Å². The molecule has 1 amide bonds. The summed E-state index contributed by atoms with van der Waals surface area (Å²) in [6.45, 7) is 1.42. The van der Waals surface area contributed by atoms with E-state index in [0.29, 0.717) is 12.1 Å². The number of hydrogen-bond acceptors (Lipinski definition) is 5. The second-order valence-electron chi connectivity index (χ2n) is 4.72. The SMILES string of the molecule is CCOC(=O)C(Cn1cccn1)OC(=O)Nc1c(F)ccc(F)c1F. The third kappa shape index (κ3) is 4.72. The number of rotatable bonds is 6. The van der Waals surface area contributed by atoms with Gasteiger partial charge < -0.3 is 9.47 Å². The van der Waals surface area contributed by atoms with Crippen LogP contribution in [0, 0.1) is 17.5 Å². The van der Waals surface area contributed by atoms with E-state index in [-0.39, 0.29) is 13.2 Å². The molecular formula is C15H14F3N3O4. The van der Waals surface area contributed by atoms with Crippen LogP contribution in [0.15, 0.2) is 30.6 Å². The van der Waals surface area contributed by atoms with E-state index in [9.17, 15) is 22.8 Å². The van der Waals surface area contributed by atoms with Crippen molar-refractivity contribution in [2.45, 2.75) is 19.6 Å². The number of halogens is 3. The molecule has 0 spiro atoms. The molecule has 0 saturated heterocycles. The summed E-state index contributed by atoms with van der Waals surface area (Å²) >= 11 is 0. The molecule has 10 heteroatoms. The summed E-state index contributed by atoms with van der Waals surface area (Å²) in [4.78, 5) is 23.7. The molecule has 1 aromatic heterocycles. The number of nitrogens with zero attached hydrogens (tertiary/aromatic N) is 2. The Morgan fingerprint density at radius 2 is 2.00 bits per heavy atom. The first kappa shape index (κ1) is 18.3. The van der Waals surface area contributed by atoms with Gasteiger partial charge in [0.2, 0.25) is 6.10 Å². The van der Waals surface area contributed by atoms with Gasteiger partial charge in [0.05, 0.1) is 13.2 Å². The van der Waals surface area contributed by atoms with Crippen molar-refractivity contribution in [3.8, 4) is 0 Å². The van der Waals surface area contributed by atoms with E-state index in [2.05, 4.69) is 5.10 Å². The fraction of sp³-hybridized carbons (Fsp3) is 0.267. The standard InChI is InChI=1S/C15H14F3N3O4/c1-2-24-14(22)11(8-21-7-3-6-19-21)25-15(23)20-13-10(17)5-4-9(16)12(13)18/h3-7,11H,2,8H2,1H3,(H,20,23). The zero-order chi connectivity index (χ0) is 18.4. The van der Waals surface area contributed by atoms with Gasteiger partial charge in [-0.05, 0) is 25.1 Å². The molecule has 1 N–H and O–H groups in total. The maximum Gasteiger partial charge on any atom is 0.412 e. The molecule has 1 aromatic carbocycles. The Bertz CT molecular complexity index is 753. The van der Waals surface area contributed by atoms with Crippen LogP contribution in [0.2, 0.25) is 0 Å². The van der Waals surface area contributed by atoms with Crippen LogP contribution in [0.25, 0.3) is 0 Å². The van der Waals surface area contributed by atoms with E-state index in [1.165, 1.54) is 17.1 Å². The van der Waals surface area contributed by atoms with Crippen molar-refractivity contribution in [1.82, 2.24) is 9.78 Å². The lowest BCUT2D eigenvalue weighted by molar-refractivity contribution is -0.153. The van der Waals surface area contributed by atoms with Gasteiger partial charge in [0, 0.05) is 12.4 Å². The molecule has 2 rings (SSSR count). The van der Waals surface area contributed by atoms with Crippen LogP contribution < -0.4 is 5.32 Å². The molecule has 0 radical (unpaired) electrons. The highest BCUT2D eigenvalue weighted by Gasteiger charge is 2.26. The summed E-state index contributed by atoms with van der Waals surface area (Å²) in [5.41, 5.74) is -1.02. The predicted octanol–water partition coefficient (Wildman–Crippen LogP) is 2.48. The largest absolute Gasteiger partial charge is 0.463 e. The number of nitrogens with one attached hydrogen (secondary N) is 1. The van der Waals surface area contributed by atoms with Crippen molar-refractivity contribution in [3.63, 3.8) is 0 Å². The minimum absolute atomic E-state index is 0.0343. The zero-order valence-corrected chi connectivity index (χ0v) is 13.0. The maximum absolute atomic E-state index is 13.6. The Morgan fingerprint density at radius 3 is 2.64 bits per heavy atom. The lowest BCUT2D eigenvalue weighted by Crippen LogP contribution is -2.35. The smallest absolute Gasteiger partial charge is 0.412 e. The molecule has 1 atom stereocenters. The van der Waals surface area contributed by atoms with E-state index in [1.54, 1.807) is 18.3 Å². The van der Waals surface area contributed by atoms with Gasteiger partial charge in [-0.2, -0.15) is 5.10 Å². The molecule has 0 bridgehead atoms. The van der Waals surface area contributed by atoms with Crippen molar-refractivity contribution >= 4 is 17.7 Å². The molecule has 1 unspecified atom stereocenters. The number of esters is 1. The van der Waals surface area contributed by atoms with Gasteiger partial charge >= 0.3 is 12.1 Å². The summed E-state index contributed by atoms with van der Waals surface area (Å²) in [6, 6.07) is 2.79. The number of benzene rings is 1. The molecule has 0 aliphatic rings. The molecule has 25 heavy (non-hydrogen) atoms. The first-order valence-electron chi connectivity index (χ1n) is 7.17. The Kier molecular flexibility index (Phi) is 5.98. The molecule has 0 fully saturated rings. The third-order valence-corrected chi connectivity index (χ3v) is 2.98. The molecule has 1 heterocycles. The topological polar surface area (TPSA) is 82.5 Å². The zero-order valence-electron chi connectivity index (χ0n) is 13.0. The van der Waals surface area contributed by atoms with Crippen LogP contribution in [0.1, 0.15) is 6.92 Å². The Morgan fingerprint density at radius 1 is 1.28 bits per heavy atom.